The number of ether oxygens (including phenoxy) is 1. The zero-order valence-electron chi connectivity index (χ0n) is 18.1. The Hall–Kier alpha value is -2.76. The molecule has 1 saturated heterocycles. The Morgan fingerprint density at radius 3 is 2.66 bits per heavy atom. The van der Waals surface area contributed by atoms with E-state index < -0.39 is 10.1 Å². The summed E-state index contributed by atoms with van der Waals surface area (Å²) in [7, 11) is -3.61. The van der Waals surface area contributed by atoms with E-state index in [2.05, 4.69) is 20.5 Å². The number of benzene rings is 1. The number of amides is 2. The van der Waals surface area contributed by atoms with Gasteiger partial charge in [-0.25, -0.2) is 14.8 Å². The Bertz CT molecular complexity index is 1070. The van der Waals surface area contributed by atoms with Crippen LogP contribution in [0.2, 0.25) is 0 Å². The number of anilines is 2. The average Bonchev–Trinajstić information content (AvgIpc) is 3.56. The van der Waals surface area contributed by atoms with Gasteiger partial charge < -0.3 is 20.3 Å². The fourth-order valence-corrected chi connectivity index (χ4v) is 3.69. The molecule has 0 radical (unpaired) electrons. The van der Waals surface area contributed by atoms with E-state index in [1.807, 2.05) is 19.1 Å². The van der Waals surface area contributed by atoms with Crippen LogP contribution in [0.25, 0.3) is 11.4 Å². The number of nitrogens with zero attached hydrogens (tertiary/aromatic N) is 3. The smallest absolute Gasteiger partial charge is 0.319 e. The topological polar surface area (TPSA) is 123 Å². The van der Waals surface area contributed by atoms with Gasteiger partial charge in [-0.1, -0.05) is 0 Å². The largest absolute Gasteiger partial charge is 0.377 e. The summed E-state index contributed by atoms with van der Waals surface area (Å²) in [5, 5.41) is 5.69. The van der Waals surface area contributed by atoms with Crippen molar-refractivity contribution >= 4 is 27.7 Å². The molecule has 2 aromatic rings. The molecule has 1 aliphatic carbocycles. The van der Waals surface area contributed by atoms with Crippen molar-refractivity contribution in [2.24, 2.45) is 0 Å². The van der Waals surface area contributed by atoms with Crippen LogP contribution < -0.4 is 15.5 Å². The zero-order valence-corrected chi connectivity index (χ0v) is 18.9. The molecule has 2 amide bonds. The second-order valence-corrected chi connectivity index (χ2v) is 9.72. The first-order valence-corrected chi connectivity index (χ1v) is 12.3. The number of urea groups is 1. The summed E-state index contributed by atoms with van der Waals surface area (Å²) in [6, 6.07) is 9.11. The Morgan fingerprint density at radius 2 is 2.00 bits per heavy atom. The highest BCUT2D eigenvalue weighted by molar-refractivity contribution is 7.85. The fourth-order valence-electron chi connectivity index (χ4n) is 3.35. The minimum atomic E-state index is -3.61. The van der Waals surface area contributed by atoms with E-state index in [4.69, 9.17) is 13.9 Å². The van der Waals surface area contributed by atoms with Gasteiger partial charge in [0.1, 0.15) is 12.4 Å². The number of hydrogen-bond acceptors (Lipinski definition) is 8. The van der Waals surface area contributed by atoms with Crippen LogP contribution >= 0.6 is 0 Å². The number of nitrogens with one attached hydrogen (secondary N) is 2. The van der Waals surface area contributed by atoms with Gasteiger partial charge in [0.2, 0.25) is 0 Å². The van der Waals surface area contributed by atoms with Gasteiger partial charge in [0.05, 0.1) is 31.2 Å². The summed E-state index contributed by atoms with van der Waals surface area (Å²) in [5.74, 6) is 1.13. The number of hydrogen-bond donors (Lipinski definition) is 2. The van der Waals surface area contributed by atoms with E-state index in [1.54, 1.807) is 18.2 Å². The number of aromatic nitrogens is 2. The van der Waals surface area contributed by atoms with Gasteiger partial charge in [0, 0.05) is 29.9 Å². The molecule has 4 rings (SSSR count). The van der Waals surface area contributed by atoms with Gasteiger partial charge in [-0.3, -0.25) is 4.18 Å². The first-order valence-electron chi connectivity index (χ1n) is 10.5. The third-order valence-corrected chi connectivity index (χ3v) is 5.71. The Labute approximate surface area is 187 Å². The van der Waals surface area contributed by atoms with Crippen LogP contribution in [0, 0.1) is 0 Å². The molecule has 1 atom stereocenters. The molecule has 1 aromatic carbocycles. The molecule has 0 spiro atoms. The molecular weight excluding hydrogens is 434 g/mol. The average molecular weight is 462 g/mol. The lowest BCUT2D eigenvalue weighted by Gasteiger charge is -2.34. The minimum Gasteiger partial charge on any atom is -0.377 e. The van der Waals surface area contributed by atoms with Crippen LogP contribution in [0.15, 0.2) is 30.3 Å². The van der Waals surface area contributed by atoms with Crippen molar-refractivity contribution in [3.8, 4) is 11.4 Å². The molecule has 10 nitrogen and oxygen atoms in total. The molecule has 0 unspecified atom stereocenters. The van der Waals surface area contributed by atoms with E-state index >= 15 is 0 Å². The molecule has 32 heavy (non-hydrogen) atoms. The first-order chi connectivity index (χ1) is 15.3. The number of carbonyl (C=O) groups is 1. The van der Waals surface area contributed by atoms with Crippen molar-refractivity contribution in [1.29, 1.82) is 0 Å². The van der Waals surface area contributed by atoms with Gasteiger partial charge in [-0.05, 0) is 44.0 Å². The summed E-state index contributed by atoms with van der Waals surface area (Å²) < 4.78 is 33.4. The summed E-state index contributed by atoms with van der Waals surface area (Å²) in [6.07, 6.45) is 3.05. The summed E-state index contributed by atoms with van der Waals surface area (Å²) in [6.45, 7) is 3.70. The first kappa shape index (κ1) is 22.4. The van der Waals surface area contributed by atoms with Crippen molar-refractivity contribution in [2.75, 3.05) is 36.2 Å². The third-order valence-electron chi connectivity index (χ3n) is 5.16. The quantitative estimate of drug-likeness (QED) is 0.601. The van der Waals surface area contributed by atoms with Gasteiger partial charge in [0.15, 0.2) is 5.82 Å². The Balaban J connectivity index is 1.57. The molecule has 2 aliphatic rings. The molecule has 2 heterocycles. The highest BCUT2D eigenvalue weighted by Gasteiger charge is 2.24. The van der Waals surface area contributed by atoms with Crippen molar-refractivity contribution in [2.45, 2.75) is 38.5 Å². The lowest BCUT2D eigenvalue weighted by molar-refractivity contribution is 0.0985. The van der Waals surface area contributed by atoms with E-state index in [-0.39, 0.29) is 24.7 Å². The molecule has 2 N–H and O–H groups in total. The SMILES string of the molecule is C[C@H]1COCCN1c1cc(COS(C)(=O)=O)nc(-c2ccc(NC(=O)NC3CC3)cc2)n1. The molecule has 1 aliphatic heterocycles. The van der Waals surface area contributed by atoms with Crippen LogP contribution in [0.3, 0.4) is 0 Å². The van der Waals surface area contributed by atoms with Crippen LogP contribution in [-0.2, 0) is 25.6 Å². The van der Waals surface area contributed by atoms with Gasteiger partial charge in [-0.2, -0.15) is 8.42 Å². The molecule has 1 aromatic heterocycles. The maximum atomic E-state index is 11.9. The van der Waals surface area contributed by atoms with Crippen molar-refractivity contribution in [3.05, 3.63) is 36.0 Å². The van der Waals surface area contributed by atoms with E-state index in [0.717, 1.165) is 24.7 Å². The minimum absolute atomic E-state index is 0.117. The van der Waals surface area contributed by atoms with Crippen LogP contribution in [0.1, 0.15) is 25.5 Å². The lowest BCUT2D eigenvalue weighted by Crippen LogP contribution is -2.44. The van der Waals surface area contributed by atoms with Gasteiger partial charge >= 0.3 is 6.03 Å². The lowest BCUT2D eigenvalue weighted by atomic mass is 10.2. The number of morpholine rings is 1. The third kappa shape index (κ3) is 6.15. The van der Waals surface area contributed by atoms with E-state index in [0.29, 0.717) is 42.8 Å². The Morgan fingerprint density at radius 1 is 1.25 bits per heavy atom. The van der Waals surface area contributed by atoms with E-state index in [9.17, 15) is 13.2 Å². The molecule has 2 fully saturated rings. The second kappa shape index (κ2) is 9.39. The normalized spacial score (nSPS) is 18.9. The number of rotatable bonds is 7. The molecule has 1 saturated carbocycles. The number of carbonyl (C=O) groups excluding carboxylic acids is 1. The van der Waals surface area contributed by atoms with Gasteiger partial charge in [-0.15, -0.1) is 0 Å². The predicted octanol–water partition coefficient (Wildman–Crippen LogP) is 2.13. The summed E-state index contributed by atoms with van der Waals surface area (Å²) >= 11 is 0. The van der Waals surface area contributed by atoms with Crippen molar-refractivity contribution in [1.82, 2.24) is 15.3 Å². The maximum Gasteiger partial charge on any atom is 0.319 e. The Kier molecular flexibility index (Phi) is 6.58. The predicted molar refractivity (Wildman–Crippen MR) is 120 cm³/mol. The molecule has 11 heteroatoms. The molecular formula is C21H27N5O5S. The highest BCUT2D eigenvalue weighted by Crippen LogP contribution is 2.25. The maximum absolute atomic E-state index is 11.9. The zero-order chi connectivity index (χ0) is 22.7. The van der Waals surface area contributed by atoms with Crippen LogP contribution in [0.4, 0.5) is 16.3 Å². The fraction of sp³-hybridized carbons (Fsp3) is 0.476. The van der Waals surface area contributed by atoms with Crippen molar-refractivity contribution < 1.29 is 22.1 Å². The standard InChI is InChI=1S/C21H27N5O5S/c1-14-12-30-10-9-26(14)19-11-18(13-31-32(2,28)29)22-20(25-19)15-3-5-16(6-4-15)23-21(27)24-17-7-8-17/h3-6,11,14,17H,7-10,12-13H2,1-2H3,(H2,23,24,27)/t14-/m0/s1. The van der Waals surface area contributed by atoms with Gasteiger partial charge in [0.25, 0.3) is 10.1 Å². The molecule has 0 bridgehead atoms. The molecule has 172 valence electrons. The van der Waals surface area contributed by atoms with Crippen LogP contribution in [0.5, 0.6) is 0 Å². The van der Waals surface area contributed by atoms with Crippen molar-refractivity contribution in [3.63, 3.8) is 0 Å². The highest BCUT2D eigenvalue weighted by atomic mass is 32.2. The second-order valence-electron chi connectivity index (χ2n) is 8.07. The monoisotopic (exact) mass is 461 g/mol. The van der Waals surface area contributed by atoms with Crippen LogP contribution in [-0.4, -0.2) is 62.5 Å². The van der Waals surface area contributed by atoms with E-state index in [1.165, 1.54) is 0 Å². The summed E-state index contributed by atoms with van der Waals surface area (Å²) in [4.78, 5) is 23.3. The summed E-state index contributed by atoms with van der Waals surface area (Å²) in [5.41, 5.74) is 1.85.